The van der Waals surface area contributed by atoms with Crippen molar-refractivity contribution >= 4 is 21.8 Å². The number of rotatable bonds is 0. The van der Waals surface area contributed by atoms with Crippen molar-refractivity contribution in [3.63, 3.8) is 0 Å². The molecule has 0 atom stereocenters. The molecular weight excluding hydrogens is 174 g/mol. The first-order chi connectivity index (χ1) is 7.34. The van der Waals surface area contributed by atoms with Crippen molar-refractivity contribution < 1.29 is 1.37 Å². The lowest BCUT2D eigenvalue weighted by Crippen LogP contribution is -1.84. The lowest BCUT2D eigenvalue weighted by molar-refractivity contribution is 1.23. The first kappa shape index (κ1) is 6.43. The third kappa shape index (κ3) is 0.956. The number of aromatic nitrogens is 3. The smallest absolute Gasteiger partial charge is 0.116 e. The third-order valence-electron chi connectivity index (χ3n) is 2.21. The maximum Gasteiger partial charge on any atom is 0.116 e. The van der Waals surface area contributed by atoms with Crippen LogP contribution < -0.4 is 0 Å². The van der Waals surface area contributed by atoms with Gasteiger partial charge in [0.15, 0.2) is 0 Å². The number of nitrogens with zero attached hydrogens (tertiary/aromatic N) is 3. The maximum atomic E-state index is 7.41. The van der Waals surface area contributed by atoms with Crippen LogP contribution in [0.2, 0.25) is 0 Å². The quantitative estimate of drug-likeness (QED) is 0.500. The number of hydrogen-bond donors (Lipinski definition) is 0. The predicted molar refractivity (Wildman–Crippen MR) is 54.8 cm³/mol. The van der Waals surface area contributed by atoms with Gasteiger partial charge in [0.05, 0.1) is 11.0 Å². The summed E-state index contributed by atoms with van der Waals surface area (Å²) in [6.07, 6.45) is 3.45. The summed E-state index contributed by atoms with van der Waals surface area (Å²) < 4.78 is 7.41. The van der Waals surface area contributed by atoms with Gasteiger partial charge in [-0.3, -0.25) is 4.98 Å². The van der Waals surface area contributed by atoms with E-state index < -0.39 is 0 Å². The molecule has 0 bridgehead atoms. The van der Waals surface area contributed by atoms with E-state index in [0.29, 0.717) is 0 Å². The van der Waals surface area contributed by atoms with Crippen LogP contribution in [0.5, 0.6) is 0 Å². The van der Waals surface area contributed by atoms with Crippen molar-refractivity contribution in [2.75, 3.05) is 0 Å². The number of hydrogen-bond acceptors (Lipinski definition) is 3. The van der Waals surface area contributed by atoms with Crippen LogP contribution in [0, 0.1) is 0 Å². The Balaban J connectivity index is 2.57. The Kier molecular flexibility index (Phi) is 1.26. The fraction of sp³-hybridized carbons (Fsp3) is 0. The predicted octanol–water partition coefficient (Wildman–Crippen LogP) is 2.18. The third-order valence-corrected chi connectivity index (χ3v) is 2.21. The standard InChI is InChI=1S/C11H7N3/c1-2-9-10(13-5-1)4-3-8-6-12-7-14-11(8)9/h1-7H/i7D. The van der Waals surface area contributed by atoms with Crippen molar-refractivity contribution in [3.8, 4) is 0 Å². The molecule has 0 radical (unpaired) electrons. The molecule has 0 aliphatic heterocycles. The summed E-state index contributed by atoms with van der Waals surface area (Å²) in [5.74, 6) is 0. The second-order valence-electron chi connectivity index (χ2n) is 3.04. The minimum atomic E-state index is 0.0406. The van der Waals surface area contributed by atoms with E-state index in [0.717, 1.165) is 21.8 Å². The van der Waals surface area contributed by atoms with E-state index in [1.165, 1.54) is 0 Å². The lowest BCUT2D eigenvalue weighted by Gasteiger charge is -1.99. The normalized spacial score (nSPS) is 11.9. The first-order valence-electron chi connectivity index (χ1n) is 4.82. The zero-order chi connectivity index (χ0) is 10.3. The molecule has 0 aliphatic rings. The van der Waals surface area contributed by atoms with Gasteiger partial charge in [0.2, 0.25) is 0 Å². The molecule has 0 N–H and O–H groups in total. The van der Waals surface area contributed by atoms with Crippen LogP contribution in [0.1, 0.15) is 1.37 Å². The van der Waals surface area contributed by atoms with E-state index >= 15 is 0 Å². The highest BCUT2D eigenvalue weighted by Crippen LogP contribution is 2.20. The Morgan fingerprint density at radius 2 is 2.14 bits per heavy atom. The van der Waals surface area contributed by atoms with Gasteiger partial charge < -0.3 is 0 Å². The van der Waals surface area contributed by atoms with E-state index in [9.17, 15) is 0 Å². The molecule has 2 aromatic heterocycles. The van der Waals surface area contributed by atoms with Crippen molar-refractivity contribution in [3.05, 3.63) is 43.0 Å². The highest BCUT2D eigenvalue weighted by atomic mass is 14.8. The fourth-order valence-corrected chi connectivity index (χ4v) is 1.56. The minimum absolute atomic E-state index is 0.0406. The molecule has 2 heterocycles. The van der Waals surface area contributed by atoms with Crippen LogP contribution in [0.3, 0.4) is 0 Å². The van der Waals surface area contributed by atoms with Gasteiger partial charge in [-0.05, 0) is 24.3 Å². The monoisotopic (exact) mass is 182 g/mol. The Morgan fingerprint density at radius 1 is 1.14 bits per heavy atom. The second-order valence-corrected chi connectivity index (χ2v) is 3.04. The molecular formula is C11H7N3. The summed E-state index contributed by atoms with van der Waals surface area (Å²) >= 11 is 0. The fourth-order valence-electron chi connectivity index (χ4n) is 1.56. The molecule has 0 saturated heterocycles. The van der Waals surface area contributed by atoms with E-state index in [2.05, 4.69) is 15.0 Å². The average Bonchev–Trinajstić information content (AvgIpc) is 2.29. The molecule has 66 valence electrons. The Hall–Kier alpha value is -2.03. The maximum absolute atomic E-state index is 7.41. The van der Waals surface area contributed by atoms with Crippen LogP contribution in [-0.2, 0) is 0 Å². The molecule has 0 saturated carbocycles. The highest BCUT2D eigenvalue weighted by molar-refractivity contribution is 6.02. The SMILES string of the molecule is [2H]c1ncc2ccc3ncccc3c2n1. The molecule has 3 aromatic rings. The van der Waals surface area contributed by atoms with Gasteiger partial charge in [0.25, 0.3) is 0 Å². The van der Waals surface area contributed by atoms with Crippen LogP contribution >= 0.6 is 0 Å². The average molecular weight is 182 g/mol. The van der Waals surface area contributed by atoms with E-state index in [1.807, 2.05) is 24.3 Å². The van der Waals surface area contributed by atoms with E-state index in [-0.39, 0.29) is 6.30 Å². The molecule has 0 spiro atoms. The van der Waals surface area contributed by atoms with Crippen molar-refractivity contribution in [2.45, 2.75) is 0 Å². The molecule has 0 amide bonds. The Labute approximate surface area is 81.9 Å². The number of pyridine rings is 1. The van der Waals surface area contributed by atoms with Gasteiger partial charge in [0, 0.05) is 23.2 Å². The van der Waals surface area contributed by atoms with Crippen molar-refractivity contribution in [1.29, 1.82) is 0 Å². The summed E-state index contributed by atoms with van der Waals surface area (Å²) in [6, 6.07) is 7.68. The lowest BCUT2D eigenvalue weighted by atomic mass is 10.1. The zero-order valence-corrected chi connectivity index (χ0v) is 7.31. The molecule has 0 unspecified atom stereocenters. The molecule has 1 aromatic carbocycles. The summed E-state index contributed by atoms with van der Waals surface area (Å²) in [6.45, 7) is 0. The largest absolute Gasteiger partial charge is 0.256 e. The van der Waals surface area contributed by atoms with Gasteiger partial charge in [0.1, 0.15) is 7.67 Å². The van der Waals surface area contributed by atoms with Crippen LogP contribution in [-0.4, -0.2) is 15.0 Å². The van der Waals surface area contributed by atoms with Crippen LogP contribution in [0.15, 0.2) is 43.0 Å². The van der Waals surface area contributed by atoms with Gasteiger partial charge in [-0.25, -0.2) is 9.97 Å². The summed E-state index contributed by atoms with van der Waals surface area (Å²) in [4.78, 5) is 12.2. The Morgan fingerprint density at radius 3 is 3.14 bits per heavy atom. The minimum Gasteiger partial charge on any atom is -0.256 e. The van der Waals surface area contributed by atoms with Crippen molar-refractivity contribution in [2.24, 2.45) is 0 Å². The van der Waals surface area contributed by atoms with E-state index in [1.54, 1.807) is 12.4 Å². The van der Waals surface area contributed by atoms with Gasteiger partial charge in [-0.2, -0.15) is 0 Å². The summed E-state index contributed by atoms with van der Waals surface area (Å²) in [7, 11) is 0. The van der Waals surface area contributed by atoms with Crippen LogP contribution in [0.4, 0.5) is 0 Å². The van der Waals surface area contributed by atoms with Gasteiger partial charge in [-0.15, -0.1) is 0 Å². The molecule has 0 fully saturated rings. The Bertz CT molecular complexity index is 651. The molecule has 3 heteroatoms. The van der Waals surface area contributed by atoms with Gasteiger partial charge in [-0.1, -0.05) is 0 Å². The van der Waals surface area contributed by atoms with Gasteiger partial charge >= 0.3 is 0 Å². The topological polar surface area (TPSA) is 38.7 Å². The summed E-state index contributed by atoms with van der Waals surface area (Å²) in [5, 5.41) is 1.90. The van der Waals surface area contributed by atoms with Crippen molar-refractivity contribution in [1.82, 2.24) is 15.0 Å². The molecule has 14 heavy (non-hydrogen) atoms. The molecule has 3 nitrogen and oxygen atoms in total. The van der Waals surface area contributed by atoms with E-state index in [4.69, 9.17) is 1.37 Å². The van der Waals surface area contributed by atoms with Crippen LogP contribution in [0.25, 0.3) is 21.8 Å². The molecule has 3 rings (SSSR count). The number of benzene rings is 1. The first-order valence-corrected chi connectivity index (χ1v) is 4.32. The highest BCUT2D eigenvalue weighted by Gasteiger charge is 2.00. The second kappa shape index (κ2) is 2.73. The number of fused-ring (bicyclic) bond motifs is 3. The zero-order valence-electron chi connectivity index (χ0n) is 8.31. The molecule has 0 aliphatic carbocycles. The summed E-state index contributed by atoms with van der Waals surface area (Å²) in [5.41, 5.74) is 1.68.